The lowest BCUT2D eigenvalue weighted by Crippen LogP contribution is -2.32. The van der Waals surface area contributed by atoms with E-state index in [-0.39, 0.29) is 17.7 Å². The quantitative estimate of drug-likeness (QED) is 0.834. The Bertz CT molecular complexity index is 563. The predicted octanol–water partition coefficient (Wildman–Crippen LogP) is 0.372. The molecule has 8 heteroatoms. The molecule has 0 spiro atoms. The molecule has 1 heterocycles. The number of nitriles is 1. The van der Waals surface area contributed by atoms with Gasteiger partial charge in [-0.25, -0.2) is 18.1 Å². The van der Waals surface area contributed by atoms with Crippen LogP contribution in [-0.2, 0) is 10.0 Å². The van der Waals surface area contributed by atoms with Crippen LogP contribution < -0.4 is 4.72 Å². The second kappa shape index (κ2) is 6.07. The van der Waals surface area contributed by atoms with Gasteiger partial charge in [-0.3, -0.25) is 9.18 Å². The number of amides is 1. The molecular formula is C10H10FN3O3S. The molecule has 18 heavy (non-hydrogen) atoms. The number of pyridine rings is 1. The molecule has 1 aromatic rings. The van der Waals surface area contributed by atoms with Gasteiger partial charge < -0.3 is 0 Å². The number of carbonyl (C=O) groups is 1. The highest BCUT2D eigenvalue weighted by atomic mass is 32.2. The maximum Gasteiger partial charge on any atom is 0.266 e. The van der Waals surface area contributed by atoms with Crippen LogP contribution in [0.5, 0.6) is 0 Å². The molecule has 0 unspecified atom stereocenters. The predicted molar refractivity (Wildman–Crippen MR) is 60.8 cm³/mol. The molecule has 1 amide bonds. The van der Waals surface area contributed by atoms with Crippen LogP contribution in [0.2, 0.25) is 0 Å². The van der Waals surface area contributed by atoms with Crippen molar-refractivity contribution >= 4 is 15.9 Å². The lowest BCUT2D eigenvalue weighted by Gasteiger charge is -2.05. The molecule has 0 aromatic carbocycles. The number of halogens is 1. The number of rotatable bonds is 5. The SMILES string of the molecule is N#Cc1ccc(C(=O)NS(=O)(=O)CCCF)cn1. The number of alkyl halides is 1. The molecule has 0 aliphatic heterocycles. The lowest BCUT2D eigenvalue weighted by atomic mass is 10.2. The Hall–Kier alpha value is -2.01. The van der Waals surface area contributed by atoms with E-state index < -0.39 is 28.4 Å². The second-order valence-electron chi connectivity index (χ2n) is 3.34. The van der Waals surface area contributed by atoms with Crippen LogP contribution in [0.3, 0.4) is 0 Å². The van der Waals surface area contributed by atoms with Crippen molar-refractivity contribution in [2.45, 2.75) is 6.42 Å². The summed E-state index contributed by atoms with van der Waals surface area (Å²) < 4.78 is 36.3. The fourth-order valence-corrected chi connectivity index (χ4v) is 2.08. The minimum absolute atomic E-state index is 0.0119. The largest absolute Gasteiger partial charge is 0.268 e. The zero-order valence-electron chi connectivity index (χ0n) is 9.26. The number of aromatic nitrogens is 1. The van der Waals surface area contributed by atoms with Crippen molar-refractivity contribution in [2.24, 2.45) is 0 Å². The molecule has 1 N–H and O–H groups in total. The lowest BCUT2D eigenvalue weighted by molar-refractivity contribution is 0.0981. The van der Waals surface area contributed by atoms with Gasteiger partial charge in [0.1, 0.15) is 11.8 Å². The third-order valence-corrected chi connectivity index (χ3v) is 3.26. The smallest absolute Gasteiger partial charge is 0.266 e. The van der Waals surface area contributed by atoms with Crippen LogP contribution in [0.4, 0.5) is 4.39 Å². The molecule has 0 saturated heterocycles. The van der Waals surface area contributed by atoms with Crippen molar-refractivity contribution in [2.75, 3.05) is 12.4 Å². The minimum Gasteiger partial charge on any atom is -0.268 e. The van der Waals surface area contributed by atoms with E-state index in [1.165, 1.54) is 12.1 Å². The summed E-state index contributed by atoms with van der Waals surface area (Å²) in [6.45, 7) is -0.770. The topological polar surface area (TPSA) is 99.9 Å². The van der Waals surface area contributed by atoms with E-state index in [1.807, 2.05) is 0 Å². The Balaban J connectivity index is 2.73. The fraction of sp³-hybridized carbons (Fsp3) is 0.300. The van der Waals surface area contributed by atoms with Crippen LogP contribution in [0.1, 0.15) is 22.5 Å². The fourth-order valence-electron chi connectivity index (χ4n) is 1.09. The van der Waals surface area contributed by atoms with E-state index >= 15 is 0 Å². The first-order valence-corrected chi connectivity index (χ1v) is 6.60. The number of sulfonamides is 1. The monoisotopic (exact) mass is 271 g/mol. The van der Waals surface area contributed by atoms with Crippen LogP contribution in [0.25, 0.3) is 0 Å². The van der Waals surface area contributed by atoms with E-state index in [9.17, 15) is 17.6 Å². The van der Waals surface area contributed by atoms with Gasteiger partial charge in [0.25, 0.3) is 5.91 Å². The molecular weight excluding hydrogens is 261 g/mol. The Morgan fingerprint density at radius 3 is 2.72 bits per heavy atom. The molecule has 96 valence electrons. The maximum absolute atomic E-state index is 11.8. The highest BCUT2D eigenvalue weighted by Crippen LogP contribution is 2.01. The van der Waals surface area contributed by atoms with Crippen molar-refractivity contribution in [3.8, 4) is 6.07 Å². The zero-order valence-corrected chi connectivity index (χ0v) is 10.1. The summed E-state index contributed by atoms with van der Waals surface area (Å²) in [5, 5.41) is 8.51. The molecule has 0 aliphatic rings. The number of hydrogen-bond donors (Lipinski definition) is 1. The van der Waals surface area contributed by atoms with Crippen molar-refractivity contribution in [1.29, 1.82) is 5.26 Å². The number of nitrogens with one attached hydrogen (secondary N) is 1. The first-order chi connectivity index (χ1) is 8.48. The molecule has 1 aromatic heterocycles. The maximum atomic E-state index is 11.8. The number of carbonyl (C=O) groups excluding carboxylic acids is 1. The summed E-state index contributed by atoms with van der Waals surface area (Å²) in [7, 11) is -3.84. The standard InChI is InChI=1S/C10H10FN3O3S/c11-4-1-5-18(16,17)14-10(15)8-2-3-9(6-12)13-7-8/h2-3,7H,1,4-5H2,(H,14,15). The van der Waals surface area contributed by atoms with Gasteiger partial charge in [-0.1, -0.05) is 0 Å². The average Bonchev–Trinajstić information content (AvgIpc) is 2.36. The first-order valence-electron chi connectivity index (χ1n) is 4.95. The minimum atomic E-state index is -3.84. The summed E-state index contributed by atoms with van der Waals surface area (Å²) in [6, 6.07) is 4.34. The van der Waals surface area contributed by atoms with Crippen LogP contribution >= 0.6 is 0 Å². The first kappa shape index (κ1) is 14.1. The van der Waals surface area contributed by atoms with Gasteiger partial charge in [-0.15, -0.1) is 0 Å². The summed E-state index contributed by atoms with van der Waals surface area (Å²) in [4.78, 5) is 15.1. The summed E-state index contributed by atoms with van der Waals surface area (Å²) in [5.41, 5.74) is 0.129. The third kappa shape index (κ3) is 4.10. The normalized spacial score (nSPS) is 10.7. The Morgan fingerprint density at radius 2 is 2.22 bits per heavy atom. The summed E-state index contributed by atoms with van der Waals surface area (Å²) in [6.07, 6.45) is 0.923. The molecule has 0 fully saturated rings. The summed E-state index contributed by atoms with van der Waals surface area (Å²) >= 11 is 0. The molecule has 0 bridgehead atoms. The van der Waals surface area contributed by atoms with Crippen LogP contribution in [0, 0.1) is 11.3 Å². The highest BCUT2D eigenvalue weighted by Gasteiger charge is 2.15. The van der Waals surface area contributed by atoms with Gasteiger partial charge >= 0.3 is 0 Å². The summed E-state index contributed by atoms with van der Waals surface area (Å²) in [5.74, 6) is -1.32. The third-order valence-electron chi connectivity index (χ3n) is 1.94. The zero-order chi connectivity index (χ0) is 13.6. The molecule has 0 saturated carbocycles. The highest BCUT2D eigenvalue weighted by molar-refractivity contribution is 7.90. The van der Waals surface area contributed by atoms with E-state index in [0.29, 0.717) is 0 Å². The Kier molecular flexibility index (Phi) is 4.74. The van der Waals surface area contributed by atoms with Gasteiger partial charge in [0.2, 0.25) is 10.0 Å². The molecule has 0 radical (unpaired) electrons. The Labute approximate surface area is 104 Å². The van der Waals surface area contributed by atoms with E-state index in [0.717, 1.165) is 6.20 Å². The van der Waals surface area contributed by atoms with Gasteiger partial charge in [0, 0.05) is 6.20 Å². The van der Waals surface area contributed by atoms with Crippen molar-refractivity contribution < 1.29 is 17.6 Å². The van der Waals surface area contributed by atoms with Gasteiger partial charge in [-0.2, -0.15) is 5.26 Å². The van der Waals surface area contributed by atoms with Gasteiger partial charge in [-0.05, 0) is 18.6 Å². The average molecular weight is 271 g/mol. The van der Waals surface area contributed by atoms with E-state index in [4.69, 9.17) is 5.26 Å². The molecule has 0 atom stereocenters. The molecule has 0 aliphatic carbocycles. The van der Waals surface area contributed by atoms with Gasteiger partial charge in [0.05, 0.1) is 18.0 Å². The van der Waals surface area contributed by atoms with E-state index in [2.05, 4.69) is 4.98 Å². The van der Waals surface area contributed by atoms with Crippen molar-refractivity contribution in [1.82, 2.24) is 9.71 Å². The second-order valence-corrected chi connectivity index (χ2v) is 5.18. The van der Waals surface area contributed by atoms with Crippen molar-refractivity contribution in [3.63, 3.8) is 0 Å². The molecule has 1 rings (SSSR count). The Morgan fingerprint density at radius 1 is 1.50 bits per heavy atom. The van der Waals surface area contributed by atoms with Crippen LogP contribution in [-0.4, -0.2) is 31.7 Å². The number of nitrogens with zero attached hydrogens (tertiary/aromatic N) is 2. The van der Waals surface area contributed by atoms with Crippen LogP contribution in [0.15, 0.2) is 18.3 Å². The van der Waals surface area contributed by atoms with E-state index in [1.54, 1.807) is 10.8 Å². The molecule has 6 nitrogen and oxygen atoms in total. The van der Waals surface area contributed by atoms with Gasteiger partial charge in [0.15, 0.2) is 0 Å². The van der Waals surface area contributed by atoms with Crippen molar-refractivity contribution in [3.05, 3.63) is 29.6 Å². The number of hydrogen-bond acceptors (Lipinski definition) is 5.